The van der Waals surface area contributed by atoms with Crippen LogP contribution in [-0.2, 0) is 11.4 Å². The Hall–Kier alpha value is -4.90. The van der Waals surface area contributed by atoms with Gasteiger partial charge in [-0.25, -0.2) is 4.79 Å². The van der Waals surface area contributed by atoms with Gasteiger partial charge in [0.15, 0.2) is 0 Å². The zero-order chi connectivity index (χ0) is 29.6. The number of nitrogens with zero attached hydrogens (tertiary/aromatic N) is 1. The second-order valence-electron chi connectivity index (χ2n) is 9.25. The van der Waals surface area contributed by atoms with Crippen molar-refractivity contribution in [2.75, 3.05) is 7.11 Å². The molecule has 210 valence electrons. The number of methoxy groups -OCH3 is 1. The Morgan fingerprint density at radius 2 is 1.69 bits per heavy atom. The van der Waals surface area contributed by atoms with Crippen LogP contribution in [-0.4, -0.2) is 13.1 Å². The van der Waals surface area contributed by atoms with Crippen LogP contribution in [0.4, 0.5) is 0 Å². The summed E-state index contributed by atoms with van der Waals surface area (Å²) in [5, 5.41) is 11.0. The third kappa shape index (κ3) is 6.52. The molecule has 0 spiro atoms. The lowest BCUT2D eigenvalue weighted by molar-refractivity contribution is -0.128. The molecule has 0 bridgehead atoms. The Balaban J connectivity index is 1.31. The summed E-state index contributed by atoms with van der Waals surface area (Å²) in [6, 6.07) is 27.0. The zero-order valence-electron chi connectivity index (χ0n) is 22.3. The van der Waals surface area contributed by atoms with Crippen molar-refractivity contribution in [3.8, 4) is 29.1 Å². The molecule has 0 saturated heterocycles. The number of carbonyl (C=O) groups is 1. The number of nitriles is 1. The number of rotatable bonds is 8. The third-order valence-electron chi connectivity index (χ3n) is 6.56. The van der Waals surface area contributed by atoms with Crippen molar-refractivity contribution in [2.24, 2.45) is 5.73 Å². The van der Waals surface area contributed by atoms with Gasteiger partial charge in [0.05, 0.1) is 13.0 Å². The minimum atomic E-state index is -0.560. The number of carbonyl (C=O) groups excluding carboxylic acids is 1. The summed E-state index contributed by atoms with van der Waals surface area (Å²) in [6.07, 6.45) is 2.97. The topological polar surface area (TPSA) is 104 Å². The normalized spacial score (nSPS) is 14.1. The highest BCUT2D eigenvalue weighted by Crippen LogP contribution is 2.43. The van der Waals surface area contributed by atoms with Gasteiger partial charge >= 0.3 is 5.97 Å². The molecule has 42 heavy (non-hydrogen) atoms. The van der Waals surface area contributed by atoms with Crippen molar-refractivity contribution < 1.29 is 23.7 Å². The smallest absolute Gasteiger partial charge is 0.336 e. The zero-order valence-corrected chi connectivity index (χ0v) is 23.9. The first-order valence-electron chi connectivity index (χ1n) is 12.8. The molecule has 0 fully saturated rings. The van der Waals surface area contributed by atoms with E-state index >= 15 is 0 Å². The van der Waals surface area contributed by atoms with Gasteiger partial charge in [-0.3, -0.25) is 0 Å². The maximum atomic E-state index is 12.5. The van der Waals surface area contributed by atoms with E-state index in [1.54, 1.807) is 55.7 Å². The number of esters is 1. The molecule has 1 atom stereocenters. The van der Waals surface area contributed by atoms with Crippen molar-refractivity contribution in [3.05, 3.63) is 135 Å². The summed E-state index contributed by atoms with van der Waals surface area (Å²) in [5.74, 6) is 0.938. The molecule has 1 unspecified atom stereocenters. The molecule has 1 aliphatic rings. The molecule has 5 rings (SSSR count). The number of ether oxygens (including phenoxy) is 4. The lowest BCUT2D eigenvalue weighted by Gasteiger charge is -2.26. The number of nitrogens with two attached hydrogens (primary N) is 1. The highest BCUT2D eigenvalue weighted by atomic mass is 35.5. The monoisotopic (exact) mass is 598 g/mol. The van der Waals surface area contributed by atoms with E-state index < -0.39 is 11.9 Å². The van der Waals surface area contributed by atoms with Gasteiger partial charge in [-0.15, -0.1) is 0 Å². The van der Waals surface area contributed by atoms with Crippen LogP contribution in [0.3, 0.4) is 0 Å². The van der Waals surface area contributed by atoms with E-state index in [9.17, 15) is 10.1 Å². The Bertz CT molecular complexity index is 1730. The predicted octanol–water partition coefficient (Wildman–Crippen LogP) is 7.42. The van der Waals surface area contributed by atoms with Gasteiger partial charge in [0, 0.05) is 33.3 Å². The van der Waals surface area contributed by atoms with Crippen LogP contribution in [0.1, 0.15) is 28.2 Å². The van der Waals surface area contributed by atoms with Crippen LogP contribution >= 0.6 is 23.2 Å². The minimum Gasteiger partial charge on any atom is -0.497 e. The second-order valence-corrected chi connectivity index (χ2v) is 10.1. The average molecular weight is 599 g/mol. The van der Waals surface area contributed by atoms with Crippen molar-refractivity contribution in [1.82, 2.24) is 0 Å². The summed E-state index contributed by atoms with van der Waals surface area (Å²) in [7, 11) is 1.59. The minimum absolute atomic E-state index is 0.0180. The van der Waals surface area contributed by atoms with Gasteiger partial charge in [-0.05, 0) is 59.7 Å². The van der Waals surface area contributed by atoms with E-state index in [4.69, 9.17) is 47.9 Å². The van der Waals surface area contributed by atoms with Crippen LogP contribution in [0, 0.1) is 11.3 Å². The molecule has 1 aliphatic heterocycles. The maximum absolute atomic E-state index is 12.5. The SMILES string of the molecule is COc1ccc(/C=C/C(=O)Oc2ccc3c(c2)OC(N)=C(C#N)C3c2ccc(OCc3ccc(Cl)cc3Cl)cc2)cc1. The van der Waals surface area contributed by atoms with E-state index in [1.165, 1.54) is 6.08 Å². The fraction of sp³-hybridized carbons (Fsp3) is 0.0909. The maximum Gasteiger partial charge on any atom is 0.336 e. The quantitative estimate of drug-likeness (QED) is 0.128. The number of halogens is 2. The van der Waals surface area contributed by atoms with Crippen molar-refractivity contribution in [1.29, 1.82) is 5.26 Å². The molecule has 0 saturated carbocycles. The van der Waals surface area contributed by atoms with Crippen molar-refractivity contribution in [2.45, 2.75) is 12.5 Å². The first-order valence-corrected chi connectivity index (χ1v) is 13.5. The molecule has 0 amide bonds. The molecule has 2 N–H and O–H groups in total. The molecule has 4 aromatic rings. The molecule has 0 aromatic heterocycles. The Morgan fingerprint density at radius 1 is 0.976 bits per heavy atom. The lowest BCUT2D eigenvalue weighted by Crippen LogP contribution is -2.21. The van der Waals surface area contributed by atoms with Crippen LogP contribution in [0.15, 0.2) is 102 Å². The number of hydrogen-bond acceptors (Lipinski definition) is 7. The standard InChI is InChI=1S/C33H24Cl2N2O5/c1-39-24-9-2-20(3-10-24)4-15-31(38)41-26-13-14-27-30(17-26)42-33(37)28(18-36)32(27)21-6-11-25(12-7-21)40-19-22-5-8-23(34)16-29(22)35/h2-17,32H,19,37H2,1H3/b15-4+. The summed E-state index contributed by atoms with van der Waals surface area (Å²) < 4.78 is 22.3. The third-order valence-corrected chi connectivity index (χ3v) is 7.15. The Morgan fingerprint density at radius 3 is 2.38 bits per heavy atom. The number of fused-ring (bicyclic) bond motifs is 1. The average Bonchev–Trinajstić information content (AvgIpc) is 2.99. The van der Waals surface area contributed by atoms with Gasteiger partial charge in [0.1, 0.15) is 41.2 Å². The number of allylic oxidation sites excluding steroid dienone is 1. The second kappa shape index (κ2) is 12.7. The predicted molar refractivity (Wildman–Crippen MR) is 161 cm³/mol. The first-order chi connectivity index (χ1) is 20.3. The van der Waals surface area contributed by atoms with Gasteiger partial charge in [-0.1, -0.05) is 59.6 Å². The molecule has 0 aliphatic carbocycles. The highest BCUT2D eigenvalue weighted by molar-refractivity contribution is 6.35. The van der Waals surface area contributed by atoms with Gasteiger partial charge < -0.3 is 24.7 Å². The summed E-state index contributed by atoms with van der Waals surface area (Å²) in [6.45, 7) is 0.266. The van der Waals surface area contributed by atoms with Crippen LogP contribution in [0.2, 0.25) is 10.0 Å². The van der Waals surface area contributed by atoms with Gasteiger partial charge in [-0.2, -0.15) is 5.26 Å². The first kappa shape index (κ1) is 28.6. The van der Waals surface area contributed by atoms with Crippen molar-refractivity contribution in [3.63, 3.8) is 0 Å². The van der Waals surface area contributed by atoms with Crippen LogP contribution in [0.5, 0.6) is 23.0 Å². The largest absolute Gasteiger partial charge is 0.497 e. The fourth-order valence-corrected chi connectivity index (χ4v) is 4.89. The Labute approximate surface area is 252 Å². The molecule has 1 heterocycles. The van der Waals surface area contributed by atoms with E-state index in [1.807, 2.05) is 42.5 Å². The lowest BCUT2D eigenvalue weighted by atomic mass is 9.83. The van der Waals surface area contributed by atoms with E-state index in [0.29, 0.717) is 27.1 Å². The van der Waals surface area contributed by atoms with Crippen LogP contribution in [0.25, 0.3) is 6.08 Å². The van der Waals surface area contributed by atoms with E-state index in [2.05, 4.69) is 6.07 Å². The molecular weight excluding hydrogens is 575 g/mol. The van der Waals surface area contributed by atoms with Gasteiger partial charge in [0.25, 0.3) is 0 Å². The van der Waals surface area contributed by atoms with Gasteiger partial charge in [0.2, 0.25) is 5.88 Å². The molecule has 4 aromatic carbocycles. The molecular formula is C33H24Cl2N2O5. The number of benzene rings is 4. The fourth-order valence-electron chi connectivity index (χ4n) is 4.43. The summed E-state index contributed by atoms with van der Waals surface area (Å²) >= 11 is 12.2. The summed E-state index contributed by atoms with van der Waals surface area (Å²) in [4.78, 5) is 12.5. The molecule has 7 nitrogen and oxygen atoms in total. The highest BCUT2D eigenvalue weighted by Gasteiger charge is 2.31. The van der Waals surface area contributed by atoms with Crippen molar-refractivity contribution >= 4 is 35.2 Å². The number of hydrogen-bond donors (Lipinski definition) is 1. The molecule has 9 heteroatoms. The van der Waals surface area contributed by atoms with E-state index in [-0.39, 0.29) is 23.8 Å². The summed E-state index contributed by atoms with van der Waals surface area (Å²) in [5.41, 5.74) is 9.55. The van der Waals surface area contributed by atoms with E-state index in [0.717, 1.165) is 22.4 Å². The Kier molecular flexibility index (Phi) is 8.68. The molecule has 0 radical (unpaired) electrons. The van der Waals surface area contributed by atoms with Crippen LogP contribution < -0.4 is 24.7 Å².